The van der Waals surface area contributed by atoms with Crippen LogP contribution >= 0.6 is 0 Å². The molecule has 1 saturated heterocycles. The molecule has 0 unspecified atom stereocenters. The third-order valence-corrected chi connectivity index (χ3v) is 3.50. The summed E-state index contributed by atoms with van der Waals surface area (Å²) in [5.74, 6) is -0.000506. The van der Waals surface area contributed by atoms with Gasteiger partial charge in [0.15, 0.2) is 0 Å². The van der Waals surface area contributed by atoms with E-state index in [1.165, 1.54) is 0 Å². The molecule has 1 aromatic heterocycles. The molecule has 0 spiro atoms. The fourth-order valence-corrected chi connectivity index (χ4v) is 2.46. The van der Waals surface area contributed by atoms with Crippen LogP contribution in [0.2, 0.25) is 0 Å². The molecule has 2 aromatic rings. The van der Waals surface area contributed by atoms with E-state index in [0.29, 0.717) is 5.56 Å². The van der Waals surface area contributed by atoms with E-state index in [1.54, 1.807) is 6.20 Å². The Labute approximate surface area is 112 Å². The van der Waals surface area contributed by atoms with Crippen LogP contribution in [-0.2, 0) is 0 Å². The Hall–Kier alpha value is -1.94. The van der Waals surface area contributed by atoms with Gasteiger partial charge in [-0.15, -0.1) is 0 Å². The molecule has 1 aliphatic rings. The highest BCUT2D eigenvalue weighted by atomic mass is 16.1. The fraction of sp³-hybridized carbons (Fsp3) is 0.333. The highest BCUT2D eigenvalue weighted by Gasteiger charge is 2.16. The number of carbonyl (C=O) groups excluding carboxylic acids is 1. The van der Waals surface area contributed by atoms with Crippen molar-refractivity contribution < 1.29 is 4.79 Å². The zero-order chi connectivity index (χ0) is 13.1. The molecular formula is C15H17N3O. The SMILES string of the molecule is O=C(N[C@H]1CCCNC1)c1ccc2ncccc2c1. The molecule has 1 fully saturated rings. The maximum absolute atomic E-state index is 12.2. The minimum absolute atomic E-state index is 0.000506. The first kappa shape index (κ1) is 12.1. The van der Waals surface area contributed by atoms with Crippen molar-refractivity contribution in [1.82, 2.24) is 15.6 Å². The Morgan fingerprint density at radius 3 is 3.16 bits per heavy atom. The van der Waals surface area contributed by atoms with Gasteiger partial charge in [-0.2, -0.15) is 0 Å². The molecule has 3 rings (SSSR count). The molecule has 2 heterocycles. The van der Waals surface area contributed by atoms with Crippen molar-refractivity contribution >= 4 is 16.8 Å². The normalized spacial score (nSPS) is 19.3. The molecule has 0 saturated carbocycles. The minimum Gasteiger partial charge on any atom is -0.348 e. The maximum Gasteiger partial charge on any atom is 0.251 e. The number of pyridine rings is 1. The van der Waals surface area contributed by atoms with Gasteiger partial charge in [0.25, 0.3) is 5.91 Å². The second-order valence-corrected chi connectivity index (χ2v) is 4.93. The van der Waals surface area contributed by atoms with Crippen LogP contribution in [0.5, 0.6) is 0 Å². The first-order chi connectivity index (χ1) is 9.33. The number of hydrogen-bond acceptors (Lipinski definition) is 3. The Morgan fingerprint density at radius 2 is 2.32 bits per heavy atom. The summed E-state index contributed by atoms with van der Waals surface area (Å²) < 4.78 is 0. The summed E-state index contributed by atoms with van der Waals surface area (Å²) in [5.41, 5.74) is 1.62. The van der Waals surface area contributed by atoms with Crippen LogP contribution in [0, 0.1) is 0 Å². The van der Waals surface area contributed by atoms with Gasteiger partial charge in [0.05, 0.1) is 5.52 Å². The zero-order valence-corrected chi connectivity index (χ0v) is 10.7. The molecule has 19 heavy (non-hydrogen) atoms. The topological polar surface area (TPSA) is 54.0 Å². The van der Waals surface area contributed by atoms with Crippen LogP contribution in [0.25, 0.3) is 10.9 Å². The second-order valence-electron chi connectivity index (χ2n) is 4.93. The third-order valence-electron chi connectivity index (χ3n) is 3.50. The number of nitrogens with one attached hydrogen (secondary N) is 2. The molecule has 0 aliphatic carbocycles. The summed E-state index contributed by atoms with van der Waals surface area (Å²) in [6, 6.07) is 9.72. The molecule has 98 valence electrons. The highest BCUT2D eigenvalue weighted by Crippen LogP contribution is 2.13. The number of nitrogens with zero attached hydrogens (tertiary/aromatic N) is 1. The molecule has 1 aromatic carbocycles. The largest absolute Gasteiger partial charge is 0.348 e. The lowest BCUT2D eigenvalue weighted by Crippen LogP contribution is -2.45. The van der Waals surface area contributed by atoms with Gasteiger partial charge in [-0.3, -0.25) is 9.78 Å². The van der Waals surface area contributed by atoms with Gasteiger partial charge in [0, 0.05) is 29.7 Å². The predicted molar refractivity (Wildman–Crippen MR) is 75.1 cm³/mol. The van der Waals surface area contributed by atoms with Crippen LogP contribution in [0.1, 0.15) is 23.2 Å². The van der Waals surface area contributed by atoms with Crippen molar-refractivity contribution in [2.75, 3.05) is 13.1 Å². The number of amides is 1. The smallest absolute Gasteiger partial charge is 0.251 e. The lowest BCUT2D eigenvalue weighted by molar-refractivity contribution is 0.0931. The van der Waals surface area contributed by atoms with Gasteiger partial charge >= 0.3 is 0 Å². The standard InChI is InChI=1S/C15H17N3O/c19-15(18-13-4-2-7-16-10-13)12-5-6-14-11(9-12)3-1-8-17-14/h1,3,5-6,8-9,13,16H,2,4,7,10H2,(H,18,19)/t13-/m0/s1. The monoisotopic (exact) mass is 255 g/mol. The summed E-state index contributed by atoms with van der Waals surface area (Å²) in [7, 11) is 0. The average molecular weight is 255 g/mol. The summed E-state index contributed by atoms with van der Waals surface area (Å²) in [6.45, 7) is 1.91. The van der Waals surface area contributed by atoms with Crippen molar-refractivity contribution in [1.29, 1.82) is 0 Å². The van der Waals surface area contributed by atoms with E-state index in [-0.39, 0.29) is 11.9 Å². The number of fused-ring (bicyclic) bond motifs is 1. The highest BCUT2D eigenvalue weighted by molar-refractivity contribution is 5.98. The first-order valence-corrected chi connectivity index (χ1v) is 6.69. The summed E-state index contributed by atoms with van der Waals surface area (Å²) >= 11 is 0. The fourth-order valence-electron chi connectivity index (χ4n) is 2.46. The first-order valence-electron chi connectivity index (χ1n) is 6.69. The molecule has 0 bridgehead atoms. The van der Waals surface area contributed by atoms with E-state index >= 15 is 0 Å². The van der Waals surface area contributed by atoms with Crippen LogP contribution in [0.15, 0.2) is 36.5 Å². The summed E-state index contributed by atoms with van der Waals surface area (Å²) in [5, 5.41) is 7.37. The Balaban J connectivity index is 1.77. The molecule has 1 atom stereocenters. The Morgan fingerprint density at radius 1 is 1.37 bits per heavy atom. The number of hydrogen-bond donors (Lipinski definition) is 2. The van der Waals surface area contributed by atoms with E-state index in [4.69, 9.17) is 0 Å². The van der Waals surface area contributed by atoms with Gasteiger partial charge in [0.1, 0.15) is 0 Å². The van der Waals surface area contributed by atoms with Crippen molar-refractivity contribution in [2.24, 2.45) is 0 Å². The van der Waals surface area contributed by atoms with Gasteiger partial charge in [-0.1, -0.05) is 6.07 Å². The van der Waals surface area contributed by atoms with Crippen molar-refractivity contribution in [3.8, 4) is 0 Å². The third kappa shape index (κ3) is 2.74. The lowest BCUT2D eigenvalue weighted by atomic mass is 10.1. The number of carbonyl (C=O) groups is 1. The average Bonchev–Trinajstić information content (AvgIpc) is 2.48. The van der Waals surface area contributed by atoms with Gasteiger partial charge < -0.3 is 10.6 Å². The Kier molecular flexibility index (Phi) is 3.42. The van der Waals surface area contributed by atoms with Gasteiger partial charge in [-0.05, 0) is 43.7 Å². The quantitative estimate of drug-likeness (QED) is 0.859. The number of piperidine rings is 1. The molecule has 1 amide bonds. The molecule has 2 N–H and O–H groups in total. The molecule has 4 heteroatoms. The Bertz CT molecular complexity index is 591. The van der Waals surface area contributed by atoms with Crippen molar-refractivity contribution in [3.63, 3.8) is 0 Å². The number of rotatable bonds is 2. The molecule has 4 nitrogen and oxygen atoms in total. The molecular weight excluding hydrogens is 238 g/mol. The number of benzene rings is 1. The van der Waals surface area contributed by atoms with Crippen LogP contribution < -0.4 is 10.6 Å². The van der Waals surface area contributed by atoms with Gasteiger partial charge in [0.2, 0.25) is 0 Å². The van der Waals surface area contributed by atoms with E-state index in [1.807, 2.05) is 30.3 Å². The summed E-state index contributed by atoms with van der Waals surface area (Å²) in [4.78, 5) is 16.5. The molecule has 0 radical (unpaired) electrons. The van der Waals surface area contributed by atoms with Gasteiger partial charge in [-0.25, -0.2) is 0 Å². The second kappa shape index (κ2) is 5.36. The van der Waals surface area contributed by atoms with E-state index in [2.05, 4.69) is 15.6 Å². The predicted octanol–water partition coefficient (Wildman–Crippen LogP) is 1.72. The lowest BCUT2D eigenvalue weighted by Gasteiger charge is -2.23. The van der Waals surface area contributed by atoms with E-state index in [0.717, 1.165) is 36.8 Å². The van der Waals surface area contributed by atoms with E-state index in [9.17, 15) is 4.79 Å². The van der Waals surface area contributed by atoms with Crippen molar-refractivity contribution in [2.45, 2.75) is 18.9 Å². The molecule has 1 aliphatic heterocycles. The minimum atomic E-state index is -0.000506. The van der Waals surface area contributed by atoms with E-state index < -0.39 is 0 Å². The van der Waals surface area contributed by atoms with Crippen LogP contribution in [0.4, 0.5) is 0 Å². The number of aromatic nitrogens is 1. The van der Waals surface area contributed by atoms with Crippen molar-refractivity contribution in [3.05, 3.63) is 42.1 Å². The van der Waals surface area contributed by atoms with Crippen LogP contribution in [0.3, 0.4) is 0 Å². The zero-order valence-electron chi connectivity index (χ0n) is 10.7. The summed E-state index contributed by atoms with van der Waals surface area (Å²) in [6.07, 6.45) is 3.93. The van der Waals surface area contributed by atoms with Crippen LogP contribution in [-0.4, -0.2) is 30.0 Å². The maximum atomic E-state index is 12.2.